The highest BCUT2D eigenvalue weighted by Crippen LogP contribution is 2.31. The molecular formula is C23H22Cl2N2O4S. The number of nitrogens with one attached hydrogen (secondary N) is 2. The average molecular weight is 493 g/mol. The number of ether oxygens (including phenoxy) is 1. The molecular weight excluding hydrogens is 471 g/mol. The fourth-order valence-corrected chi connectivity index (χ4v) is 4.37. The van der Waals surface area contributed by atoms with Crippen LogP contribution < -0.4 is 14.8 Å². The maximum absolute atomic E-state index is 12.7. The molecule has 0 aliphatic rings. The van der Waals surface area contributed by atoms with Crippen molar-refractivity contribution in [3.05, 3.63) is 82.3 Å². The predicted molar refractivity (Wildman–Crippen MR) is 128 cm³/mol. The van der Waals surface area contributed by atoms with E-state index in [1.807, 2.05) is 38.1 Å². The van der Waals surface area contributed by atoms with Crippen LogP contribution in [0, 0.1) is 6.92 Å². The van der Waals surface area contributed by atoms with Crippen LogP contribution in [-0.2, 0) is 14.8 Å². The number of carbonyl (C=O) groups is 1. The Morgan fingerprint density at radius 3 is 2.34 bits per heavy atom. The molecule has 32 heavy (non-hydrogen) atoms. The van der Waals surface area contributed by atoms with E-state index in [0.717, 1.165) is 5.56 Å². The van der Waals surface area contributed by atoms with Crippen LogP contribution in [0.1, 0.15) is 18.9 Å². The van der Waals surface area contributed by atoms with Crippen LogP contribution in [0.5, 0.6) is 5.75 Å². The number of hydrogen-bond donors (Lipinski definition) is 2. The van der Waals surface area contributed by atoms with Crippen molar-refractivity contribution in [2.45, 2.75) is 31.3 Å². The Balaban J connectivity index is 1.70. The van der Waals surface area contributed by atoms with Crippen molar-refractivity contribution >= 4 is 50.5 Å². The third kappa shape index (κ3) is 5.73. The van der Waals surface area contributed by atoms with E-state index in [0.29, 0.717) is 17.9 Å². The summed E-state index contributed by atoms with van der Waals surface area (Å²) in [6.07, 6.45) is -0.220. The zero-order valence-corrected chi connectivity index (χ0v) is 19.8. The van der Waals surface area contributed by atoms with Gasteiger partial charge in [0.05, 0.1) is 20.6 Å². The number of para-hydroxylation sites is 1. The second kappa shape index (κ2) is 10.3. The van der Waals surface area contributed by atoms with Crippen molar-refractivity contribution in [1.29, 1.82) is 0 Å². The molecule has 3 aromatic rings. The van der Waals surface area contributed by atoms with Gasteiger partial charge in [0.25, 0.3) is 15.9 Å². The summed E-state index contributed by atoms with van der Waals surface area (Å²) in [6, 6.07) is 17.9. The van der Waals surface area contributed by atoms with Gasteiger partial charge < -0.3 is 10.1 Å². The number of amides is 1. The number of anilines is 2. The fourth-order valence-electron chi connectivity index (χ4n) is 2.89. The molecule has 2 N–H and O–H groups in total. The van der Waals surface area contributed by atoms with Gasteiger partial charge in [0.1, 0.15) is 5.75 Å². The highest BCUT2D eigenvalue weighted by molar-refractivity contribution is 7.92. The molecule has 0 aromatic heterocycles. The molecule has 1 atom stereocenters. The van der Waals surface area contributed by atoms with Gasteiger partial charge in [-0.2, -0.15) is 0 Å². The Morgan fingerprint density at radius 2 is 1.69 bits per heavy atom. The summed E-state index contributed by atoms with van der Waals surface area (Å²) < 4.78 is 33.6. The average Bonchev–Trinajstić information content (AvgIpc) is 2.76. The number of rotatable bonds is 8. The molecule has 6 nitrogen and oxygen atoms in total. The number of aryl methyl sites for hydroxylation is 1. The zero-order chi connectivity index (χ0) is 23.3. The molecule has 0 aliphatic heterocycles. The smallest absolute Gasteiger partial charge is 0.265 e. The molecule has 0 fully saturated rings. The van der Waals surface area contributed by atoms with E-state index < -0.39 is 16.1 Å². The first kappa shape index (κ1) is 23.9. The third-order valence-corrected chi connectivity index (χ3v) is 6.85. The van der Waals surface area contributed by atoms with Crippen LogP contribution in [0.25, 0.3) is 0 Å². The predicted octanol–water partition coefficient (Wildman–Crippen LogP) is 5.90. The maximum atomic E-state index is 12.7. The van der Waals surface area contributed by atoms with E-state index >= 15 is 0 Å². The van der Waals surface area contributed by atoms with Gasteiger partial charge in [0.15, 0.2) is 6.10 Å². The summed E-state index contributed by atoms with van der Waals surface area (Å²) >= 11 is 12.0. The van der Waals surface area contributed by atoms with Crippen LogP contribution >= 0.6 is 23.2 Å². The summed E-state index contributed by atoms with van der Waals surface area (Å²) in [5.74, 6) is 0.317. The first-order valence-corrected chi connectivity index (χ1v) is 12.0. The molecule has 0 spiro atoms. The highest BCUT2D eigenvalue weighted by atomic mass is 35.5. The largest absolute Gasteiger partial charge is 0.480 e. The molecule has 0 unspecified atom stereocenters. The van der Waals surface area contributed by atoms with Crippen LogP contribution in [0.4, 0.5) is 11.4 Å². The quantitative estimate of drug-likeness (QED) is 0.409. The van der Waals surface area contributed by atoms with Crippen molar-refractivity contribution in [2.24, 2.45) is 0 Å². The second-order valence-electron chi connectivity index (χ2n) is 7.00. The summed E-state index contributed by atoms with van der Waals surface area (Å²) in [6.45, 7) is 3.76. The Hall–Kier alpha value is -2.74. The van der Waals surface area contributed by atoms with Crippen molar-refractivity contribution in [1.82, 2.24) is 0 Å². The number of carbonyl (C=O) groups excluding carboxylic acids is 1. The topological polar surface area (TPSA) is 84.5 Å². The monoisotopic (exact) mass is 492 g/mol. The van der Waals surface area contributed by atoms with Gasteiger partial charge in [-0.3, -0.25) is 9.52 Å². The van der Waals surface area contributed by atoms with Gasteiger partial charge in [-0.05, 0) is 61.4 Å². The molecule has 168 valence electrons. The van der Waals surface area contributed by atoms with Gasteiger partial charge in [-0.15, -0.1) is 0 Å². The molecule has 0 heterocycles. The van der Waals surface area contributed by atoms with Crippen molar-refractivity contribution in [2.75, 3.05) is 10.0 Å². The summed E-state index contributed by atoms with van der Waals surface area (Å²) in [5, 5.41) is 3.11. The minimum atomic E-state index is -3.89. The van der Waals surface area contributed by atoms with Gasteiger partial charge >= 0.3 is 0 Å². The van der Waals surface area contributed by atoms with E-state index in [-0.39, 0.29) is 26.5 Å². The number of benzene rings is 3. The Kier molecular flexibility index (Phi) is 7.66. The fraction of sp³-hybridized carbons (Fsp3) is 0.174. The normalized spacial score (nSPS) is 12.1. The Morgan fingerprint density at radius 1 is 1.00 bits per heavy atom. The van der Waals surface area contributed by atoms with E-state index in [9.17, 15) is 13.2 Å². The molecule has 0 bridgehead atoms. The van der Waals surface area contributed by atoms with Crippen molar-refractivity contribution in [3.63, 3.8) is 0 Å². The minimum Gasteiger partial charge on any atom is -0.480 e. The summed E-state index contributed by atoms with van der Waals surface area (Å²) in [5.41, 5.74) is 1.55. The summed E-state index contributed by atoms with van der Waals surface area (Å²) in [4.78, 5) is 12.7. The number of hydrogen-bond acceptors (Lipinski definition) is 4. The van der Waals surface area contributed by atoms with Crippen molar-refractivity contribution < 1.29 is 17.9 Å². The van der Waals surface area contributed by atoms with Gasteiger partial charge in [0.2, 0.25) is 0 Å². The van der Waals surface area contributed by atoms with E-state index in [1.54, 1.807) is 12.1 Å². The van der Waals surface area contributed by atoms with E-state index in [1.165, 1.54) is 30.3 Å². The van der Waals surface area contributed by atoms with Crippen LogP contribution in [0.15, 0.2) is 71.6 Å². The van der Waals surface area contributed by atoms with Crippen LogP contribution in [0.2, 0.25) is 10.0 Å². The van der Waals surface area contributed by atoms with E-state index in [2.05, 4.69) is 10.0 Å². The zero-order valence-electron chi connectivity index (χ0n) is 17.4. The Bertz CT molecular complexity index is 1210. The van der Waals surface area contributed by atoms with Crippen LogP contribution in [0.3, 0.4) is 0 Å². The molecule has 0 radical (unpaired) electrons. The molecule has 9 heteroatoms. The highest BCUT2D eigenvalue weighted by Gasteiger charge is 2.20. The standard InChI is InChI=1S/C23H22Cl2N2O4S/c1-3-20(31-21-10-5-4-7-15(21)2)23(28)26-16-11-13-17(14-12-16)32(29,30)27-19-9-6-8-18(24)22(19)25/h4-14,20,27H,3H2,1-2H3,(H,26,28)/t20-/m1/s1. The lowest BCUT2D eigenvalue weighted by molar-refractivity contribution is -0.122. The molecule has 1 amide bonds. The first-order valence-electron chi connectivity index (χ1n) is 9.81. The van der Waals surface area contributed by atoms with Gasteiger partial charge in [0, 0.05) is 5.69 Å². The third-order valence-electron chi connectivity index (χ3n) is 4.65. The SMILES string of the molecule is CC[C@@H](Oc1ccccc1C)C(=O)Nc1ccc(S(=O)(=O)Nc2cccc(Cl)c2Cl)cc1. The molecule has 0 saturated carbocycles. The molecule has 3 aromatic carbocycles. The number of sulfonamides is 1. The minimum absolute atomic E-state index is 0.00902. The van der Waals surface area contributed by atoms with Crippen molar-refractivity contribution in [3.8, 4) is 5.75 Å². The first-order chi connectivity index (χ1) is 15.2. The molecule has 0 saturated heterocycles. The molecule has 3 rings (SSSR count). The maximum Gasteiger partial charge on any atom is 0.265 e. The lowest BCUT2D eigenvalue weighted by atomic mass is 10.2. The van der Waals surface area contributed by atoms with E-state index in [4.69, 9.17) is 27.9 Å². The Labute approximate surface area is 197 Å². The van der Waals surface area contributed by atoms with Gasteiger partial charge in [-0.1, -0.05) is 54.4 Å². The van der Waals surface area contributed by atoms with Gasteiger partial charge in [-0.25, -0.2) is 8.42 Å². The lowest BCUT2D eigenvalue weighted by Crippen LogP contribution is -2.32. The second-order valence-corrected chi connectivity index (χ2v) is 9.47. The molecule has 0 aliphatic carbocycles. The number of halogens is 2. The lowest BCUT2D eigenvalue weighted by Gasteiger charge is -2.18. The summed E-state index contributed by atoms with van der Waals surface area (Å²) in [7, 11) is -3.89. The van der Waals surface area contributed by atoms with Crippen LogP contribution in [-0.4, -0.2) is 20.4 Å².